The Kier molecular flexibility index (Phi) is 3.90. The Balaban J connectivity index is 1.82. The molecule has 110 valence electrons. The lowest BCUT2D eigenvalue weighted by Gasteiger charge is -2.13. The molecule has 2 aromatic rings. The molecule has 3 rings (SSSR count). The first-order valence-corrected chi connectivity index (χ1v) is 7.39. The van der Waals surface area contributed by atoms with Gasteiger partial charge in [0.25, 0.3) is 5.91 Å². The van der Waals surface area contributed by atoms with Crippen molar-refractivity contribution in [3.8, 4) is 5.75 Å². The molecular formula is C16H19N3O2. The lowest BCUT2D eigenvalue weighted by molar-refractivity contribution is 0.102. The standard InChI is InChI=1S/C16H19N3O2/c1-2-21-14-10-6-5-9-13(14)17-16(20)15-11-7-3-4-8-12(11)18-19-15/h5-6,9-10H,2-4,7-8H2,1H3,(H,17,20)(H,18,19). The summed E-state index contributed by atoms with van der Waals surface area (Å²) < 4.78 is 5.52. The summed E-state index contributed by atoms with van der Waals surface area (Å²) in [5, 5.41) is 10.1. The van der Waals surface area contributed by atoms with Crippen LogP contribution >= 0.6 is 0 Å². The number of rotatable bonds is 4. The maximum absolute atomic E-state index is 12.5. The number of aromatic nitrogens is 2. The van der Waals surface area contributed by atoms with E-state index in [0.29, 0.717) is 23.7 Å². The SMILES string of the molecule is CCOc1ccccc1NC(=O)c1n[nH]c2c1CCCC2. The van der Waals surface area contributed by atoms with Gasteiger partial charge in [-0.05, 0) is 44.7 Å². The second kappa shape index (κ2) is 5.99. The fraction of sp³-hybridized carbons (Fsp3) is 0.375. The molecule has 1 aromatic heterocycles. The van der Waals surface area contributed by atoms with Gasteiger partial charge in [-0.3, -0.25) is 9.89 Å². The Labute approximate surface area is 123 Å². The van der Waals surface area contributed by atoms with E-state index in [9.17, 15) is 4.79 Å². The third-order valence-electron chi connectivity index (χ3n) is 3.71. The molecule has 0 atom stereocenters. The minimum atomic E-state index is -0.179. The van der Waals surface area contributed by atoms with Crippen LogP contribution in [-0.4, -0.2) is 22.7 Å². The van der Waals surface area contributed by atoms with Crippen LogP contribution in [0.2, 0.25) is 0 Å². The highest BCUT2D eigenvalue weighted by Crippen LogP contribution is 2.26. The zero-order chi connectivity index (χ0) is 14.7. The zero-order valence-corrected chi connectivity index (χ0v) is 12.1. The molecule has 0 fully saturated rings. The summed E-state index contributed by atoms with van der Waals surface area (Å²) in [4.78, 5) is 12.5. The molecule has 1 amide bonds. The van der Waals surface area contributed by atoms with Crippen molar-refractivity contribution in [2.75, 3.05) is 11.9 Å². The van der Waals surface area contributed by atoms with Crippen molar-refractivity contribution in [1.82, 2.24) is 10.2 Å². The van der Waals surface area contributed by atoms with Gasteiger partial charge in [-0.2, -0.15) is 5.10 Å². The summed E-state index contributed by atoms with van der Waals surface area (Å²) in [5.41, 5.74) is 3.35. The van der Waals surface area contributed by atoms with E-state index in [-0.39, 0.29) is 5.91 Å². The number of hydrogen-bond acceptors (Lipinski definition) is 3. The van der Waals surface area contributed by atoms with Gasteiger partial charge < -0.3 is 10.1 Å². The largest absolute Gasteiger partial charge is 0.492 e. The molecule has 0 radical (unpaired) electrons. The maximum atomic E-state index is 12.5. The highest BCUT2D eigenvalue weighted by molar-refractivity contribution is 6.04. The molecular weight excluding hydrogens is 266 g/mol. The first kappa shape index (κ1) is 13.7. The third kappa shape index (κ3) is 2.77. The van der Waals surface area contributed by atoms with E-state index in [4.69, 9.17) is 4.74 Å². The number of fused-ring (bicyclic) bond motifs is 1. The van der Waals surface area contributed by atoms with Crippen LogP contribution in [0.15, 0.2) is 24.3 Å². The number of nitrogens with zero attached hydrogens (tertiary/aromatic N) is 1. The number of hydrogen-bond donors (Lipinski definition) is 2. The molecule has 0 aliphatic heterocycles. The summed E-state index contributed by atoms with van der Waals surface area (Å²) >= 11 is 0. The van der Waals surface area contributed by atoms with Crippen LogP contribution in [0.25, 0.3) is 0 Å². The zero-order valence-electron chi connectivity index (χ0n) is 12.1. The van der Waals surface area contributed by atoms with E-state index in [1.165, 1.54) is 0 Å². The van der Waals surface area contributed by atoms with Gasteiger partial charge in [-0.1, -0.05) is 12.1 Å². The number of nitrogens with one attached hydrogen (secondary N) is 2. The van der Waals surface area contributed by atoms with Crippen molar-refractivity contribution < 1.29 is 9.53 Å². The van der Waals surface area contributed by atoms with Crippen LogP contribution in [0.5, 0.6) is 5.75 Å². The number of anilines is 1. The maximum Gasteiger partial charge on any atom is 0.276 e. The Hall–Kier alpha value is -2.30. The Bertz CT molecular complexity index is 649. The average Bonchev–Trinajstić information content (AvgIpc) is 2.93. The van der Waals surface area contributed by atoms with E-state index in [1.54, 1.807) is 0 Å². The fourth-order valence-electron chi connectivity index (χ4n) is 2.70. The van der Waals surface area contributed by atoms with Crippen molar-refractivity contribution >= 4 is 11.6 Å². The van der Waals surface area contributed by atoms with Crippen molar-refractivity contribution in [1.29, 1.82) is 0 Å². The molecule has 21 heavy (non-hydrogen) atoms. The number of aryl methyl sites for hydroxylation is 1. The van der Waals surface area contributed by atoms with Gasteiger partial charge >= 0.3 is 0 Å². The van der Waals surface area contributed by atoms with Crippen LogP contribution in [0.4, 0.5) is 5.69 Å². The predicted molar refractivity (Wildman–Crippen MR) is 80.8 cm³/mol. The highest BCUT2D eigenvalue weighted by atomic mass is 16.5. The lowest BCUT2D eigenvalue weighted by Crippen LogP contribution is -2.16. The number of amides is 1. The molecule has 0 unspecified atom stereocenters. The molecule has 0 saturated heterocycles. The lowest BCUT2D eigenvalue weighted by atomic mass is 9.96. The number of aromatic amines is 1. The molecule has 0 bridgehead atoms. The number of para-hydroxylation sites is 2. The van der Waals surface area contributed by atoms with E-state index in [1.807, 2.05) is 31.2 Å². The monoisotopic (exact) mass is 285 g/mol. The minimum Gasteiger partial charge on any atom is -0.492 e. The minimum absolute atomic E-state index is 0.179. The normalized spacial score (nSPS) is 13.6. The Morgan fingerprint density at radius 3 is 3.00 bits per heavy atom. The number of ether oxygens (including phenoxy) is 1. The molecule has 1 heterocycles. The Morgan fingerprint density at radius 2 is 2.14 bits per heavy atom. The molecule has 1 aliphatic rings. The number of carbonyl (C=O) groups is 1. The number of benzene rings is 1. The van der Waals surface area contributed by atoms with E-state index in [2.05, 4.69) is 15.5 Å². The second-order valence-electron chi connectivity index (χ2n) is 5.12. The van der Waals surface area contributed by atoms with Crippen molar-refractivity contribution in [2.24, 2.45) is 0 Å². The van der Waals surface area contributed by atoms with Crippen LogP contribution in [0.3, 0.4) is 0 Å². The van der Waals surface area contributed by atoms with Gasteiger partial charge in [-0.15, -0.1) is 0 Å². The molecule has 0 saturated carbocycles. The first-order valence-electron chi connectivity index (χ1n) is 7.39. The van der Waals surface area contributed by atoms with Gasteiger partial charge in [0, 0.05) is 11.3 Å². The molecule has 2 N–H and O–H groups in total. The predicted octanol–water partition coefficient (Wildman–Crippen LogP) is 2.94. The summed E-state index contributed by atoms with van der Waals surface area (Å²) in [6.45, 7) is 2.48. The molecule has 5 heteroatoms. The van der Waals surface area contributed by atoms with Crippen molar-refractivity contribution in [3.63, 3.8) is 0 Å². The topological polar surface area (TPSA) is 67.0 Å². The van der Waals surface area contributed by atoms with Crippen LogP contribution in [0.1, 0.15) is 41.5 Å². The average molecular weight is 285 g/mol. The van der Waals surface area contributed by atoms with Gasteiger partial charge in [0.2, 0.25) is 0 Å². The summed E-state index contributed by atoms with van der Waals surface area (Å²) in [7, 11) is 0. The Morgan fingerprint density at radius 1 is 1.33 bits per heavy atom. The molecule has 0 spiro atoms. The van der Waals surface area contributed by atoms with Gasteiger partial charge in [-0.25, -0.2) is 0 Å². The highest BCUT2D eigenvalue weighted by Gasteiger charge is 2.22. The van der Waals surface area contributed by atoms with E-state index < -0.39 is 0 Å². The smallest absolute Gasteiger partial charge is 0.276 e. The second-order valence-corrected chi connectivity index (χ2v) is 5.12. The van der Waals surface area contributed by atoms with Crippen molar-refractivity contribution in [2.45, 2.75) is 32.6 Å². The quantitative estimate of drug-likeness (QED) is 0.907. The van der Waals surface area contributed by atoms with Crippen LogP contribution in [-0.2, 0) is 12.8 Å². The van der Waals surface area contributed by atoms with Gasteiger partial charge in [0.15, 0.2) is 5.69 Å². The first-order chi connectivity index (χ1) is 10.3. The van der Waals surface area contributed by atoms with E-state index in [0.717, 1.165) is 36.9 Å². The number of H-pyrrole nitrogens is 1. The molecule has 1 aliphatic carbocycles. The van der Waals surface area contributed by atoms with Gasteiger partial charge in [0.1, 0.15) is 5.75 Å². The summed E-state index contributed by atoms with van der Waals surface area (Å²) in [5.74, 6) is 0.499. The number of carbonyl (C=O) groups excluding carboxylic acids is 1. The van der Waals surface area contributed by atoms with Crippen LogP contribution in [0, 0.1) is 0 Å². The summed E-state index contributed by atoms with van der Waals surface area (Å²) in [6, 6.07) is 7.44. The van der Waals surface area contributed by atoms with Gasteiger partial charge in [0.05, 0.1) is 12.3 Å². The van der Waals surface area contributed by atoms with Crippen molar-refractivity contribution in [3.05, 3.63) is 41.2 Å². The molecule has 1 aromatic carbocycles. The fourth-order valence-corrected chi connectivity index (χ4v) is 2.70. The van der Waals surface area contributed by atoms with E-state index >= 15 is 0 Å². The molecule has 5 nitrogen and oxygen atoms in total. The van der Waals surface area contributed by atoms with Crippen LogP contribution < -0.4 is 10.1 Å². The third-order valence-corrected chi connectivity index (χ3v) is 3.71. The summed E-state index contributed by atoms with van der Waals surface area (Å²) in [6.07, 6.45) is 4.17.